The van der Waals surface area contributed by atoms with Gasteiger partial charge in [0.05, 0.1) is 0 Å². The van der Waals surface area contributed by atoms with Gasteiger partial charge in [0, 0.05) is 9.75 Å². The molecule has 0 spiro atoms. The summed E-state index contributed by atoms with van der Waals surface area (Å²) < 4.78 is 0. The summed E-state index contributed by atoms with van der Waals surface area (Å²) >= 11 is 1.58. The third-order valence-electron chi connectivity index (χ3n) is 2.65. The van der Waals surface area contributed by atoms with Gasteiger partial charge in [-0.1, -0.05) is 12.1 Å². The monoisotopic (exact) mass is 234 g/mol. The molecule has 0 saturated heterocycles. The van der Waals surface area contributed by atoms with E-state index in [1.165, 1.54) is 4.88 Å². The number of hydrogen-bond acceptors (Lipinski definition) is 3. The van der Waals surface area contributed by atoms with Gasteiger partial charge in [-0.2, -0.15) is 0 Å². The molecule has 0 fully saturated rings. The highest BCUT2D eigenvalue weighted by Gasteiger charge is 2.26. The molecule has 2 aromatic rings. The van der Waals surface area contributed by atoms with Crippen molar-refractivity contribution < 1.29 is 10.2 Å². The molecule has 0 aliphatic carbocycles. The lowest BCUT2D eigenvalue weighted by Crippen LogP contribution is -2.20. The van der Waals surface area contributed by atoms with Crippen molar-refractivity contribution >= 4 is 11.3 Å². The Labute approximate surface area is 98.8 Å². The van der Waals surface area contributed by atoms with E-state index in [4.69, 9.17) is 0 Å². The second kappa shape index (κ2) is 3.92. The molecular weight excluding hydrogens is 220 g/mol. The first-order chi connectivity index (χ1) is 7.50. The molecule has 1 aromatic carbocycles. The Morgan fingerprint density at radius 3 is 2.19 bits per heavy atom. The molecule has 1 aromatic heterocycles. The molecule has 1 atom stereocenters. The zero-order chi connectivity index (χ0) is 11.8. The van der Waals surface area contributed by atoms with Crippen molar-refractivity contribution in [1.82, 2.24) is 0 Å². The first kappa shape index (κ1) is 11.2. The number of phenols is 1. The molecule has 2 nitrogen and oxygen atoms in total. The lowest BCUT2D eigenvalue weighted by molar-refractivity contribution is 0.106. The predicted octanol–water partition coefficient (Wildman–Crippen LogP) is 3.02. The van der Waals surface area contributed by atoms with Crippen LogP contribution in [0.5, 0.6) is 5.75 Å². The number of aliphatic hydroxyl groups is 1. The molecule has 2 N–H and O–H groups in total. The van der Waals surface area contributed by atoms with Crippen LogP contribution in [0.15, 0.2) is 36.4 Å². The Hall–Kier alpha value is -1.32. The van der Waals surface area contributed by atoms with Crippen molar-refractivity contribution in [2.24, 2.45) is 0 Å². The van der Waals surface area contributed by atoms with Gasteiger partial charge in [0.1, 0.15) is 11.4 Å². The second-order valence-electron chi connectivity index (χ2n) is 4.03. The summed E-state index contributed by atoms with van der Waals surface area (Å²) in [5.41, 5.74) is -0.209. The van der Waals surface area contributed by atoms with Crippen LogP contribution in [0.25, 0.3) is 0 Å². The lowest BCUT2D eigenvalue weighted by atomic mass is 9.94. The molecule has 0 aliphatic rings. The van der Waals surface area contributed by atoms with Gasteiger partial charge < -0.3 is 10.2 Å². The minimum atomic E-state index is -0.993. The van der Waals surface area contributed by atoms with E-state index in [9.17, 15) is 10.2 Å². The van der Waals surface area contributed by atoms with Crippen LogP contribution in [0.2, 0.25) is 0 Å². The smallest absolute Gasteiger partial charge is 0.121 e. The third-order valence-corrected chi connectivity index (χ3v) is 3.86. The second-order valence-corrected chi connectivity index (χ2v) is 5.32. The van der Waals surface area contributed by atoms with Crippen molar-refractivity contribution in [3.63, 3.8) is 0 Å². The Morgan fingerprint density at radius 1 is 1.06 bits per heavy atom. The fraction of sp³-hybridized carbons (Fsp3) is 0.231. The lowest BCUT2D eigenvalue weighted by Gasteiger charge is -2.22. The number of aromatic hydroxyl groups is 1. The first-order valence-corrected chi connectivity index (χ1v) is 5.90. The zero-order valence-corrected chi connectivity index (χ0v) is 10.1. The number of rotatable bonds is 2. The van der Waals surface area contributed by atoms with Gasteiger partial charge in [0.15, 0.2) is 0 Å². The van der Waals surface area contributed by atoms with Crippen LogP contribution in [0.4, 0.5) is 0 Å². The van der Waals surface area contributed by atoms with Crippen molar-refractivity contribution in [3.05, 3.63) is 51.7 Å². The number of hydrogen-bond donors (Lipinski definition) is 2. The quantitative estimate of drug-likeness (QED) is 0.838. The SMILES string of the molecule is Cc1ccc(C(C)(O)c2ccc(O)cc2)s1. The van der Waals surface area contributed by atoms with E-state index in [1.807, 2.05) is 19.1 Å². The van der Waals surface area contributed by atoms with Crippen molar-refractivity contribution in [1.29, 1.82) is 0 Å². The Bertz CT molecular complexity index is 483. The molecule has 1 heterocycles. The van der Waals surface area contributed by atoms with Crippen LogP contribution in [0.3, 0.4) is 0 Å². The highest BCUT2D eigenvalue weighted by Crippen LogP contribution is 2.34. The topological polar surface area (TPSA) is 40.5 Å². The van der Waals surface area contributed by atoms with E-state index in [0.717, 1.165) is 10.4 Å². The number of benzene rings is 1. The summed E-state index contributed by atoms with van der Waals surface area (Å²) in [5.74, 6) is 0.210. The summed E-state index contributed by atoms with van der Waals surface area (Å²) in [5, 5.41) is 19.7. The van der Waals surface area contributed by atoms with Gasteiger partial charge in [-0.25, -0.2) is 0 Å². The molecular formula is C13H14O2S. The Morgan fingerprint density at radius 2 is 1.69 bits per heavy atom. The molecule has 0 amide bonds. The van der Waals surface area contributed by atoms with E-state index in [0.29, 0.717) is 0 Å². The number of phenolic OH excluding ortho intramolecular Hbond substituents is 1. The molecule has 3 heteroatoms. The van der Waals surface area contributed by atoms with Gasteiger partial charge >= 0.3 is 0 Å². The molecule has 2 rings (SSSR count). The average Bonchev–Trinajstić information content (AvgIpc) is 2.66. The third kappa shape index (κ3) is 1.96. The molecule has 0 saturated carbocycles. The van der Waals surface area contributed by atoms with Crippen LogP contribution in [0.1, 0.15) is 22.2 Å². The largest absolute Gasteiger partial charge is 0.508 e. The fourth-order valence-corrected chi connectivity index (χ4v) is 2.56. The van der Waals surface area contributed by atoms with Crippen molar-refractivity contribution in [2.45, 2.75) is 19.4 Å². The summed E-state index contributed by atoms with van der Waals surface area (Å²) in [7, 11) is 0. The zero-order valence-electron chi connectivity index (χ0n) is 9.27. The highest BCUT2D eigenvalue weighted by atomic mass is 32.1. The summed E-state index contributed by atoms with van der Waals surface area (Å²) in [4.78, 5) is 2.09. The van der Waals surface area contributed by atoms with E-state index in [-0.39, 0.29) is 5.75 Å². The molecule has 0 bridgehead atoms. The minimum Gasteiger partial charge on any atom is -0.508 e. The average molecular weight is 234 g/mol. The molecule has 16 heavy (non-hydrogen) atoms. The summed E-state index contributed by atoms with van der Waals surface area (Å²) in [6.45, 7) is 3.78. The van der Waals surface area contributed by atoms with Gasteiger partial charge in [-0.05, 0) is 43.7 Å². The van der Waals surface area contributed by atoms with E-state index in [1.54, 1.807) is 42.5 Å². The maximum absolute atomic E-state index is 10.5. The normalized spacial score (nSPS) is 14.7. The highest BCUT2D eigenvalue weighted by molar-refractivity contribution is 7.12. The summed E-state index contributed by atoms with van der Waals surface area (Å²) in [6, 6.07) is 10.6. The summed E-state index contributed by atoms with van der Waals surface area (Å²) in [6.07, 6.45) is 0. The van der Waals surface area contributed by atoms with E-state index >= 15 is 0 Å². The first-order valence-electron chi connectivity index (χ1n) is 5.09. The van der Waals surface area contributed by atoms with Gasteiger partial charge in [-0.3, -0.25) is 0 Å². The van der Waals surface area contributed by atoms with Crippen molar-refractivity contribution in [3.8, 4) is 5.75 Å². The van der Waals surface area contributed by atoms with Crippen LogP contribution in [-0.2, 0) is 5.60 Å². The predicted molar refractivity (Wildman–Crippen MR) is 65.8 cm³/mol. The van der Waals surface area contributed by atoms with E-state index < -0.39 is 5.60 Å². The number of thiophene rings is 1. The Balaban J connectivity index is 2.42. The molecule has 0 aliphatic heterocycles. The standard InChI is InChI=1S/C13H14O2S/c1-9-3-8-12(16-9)13(2,15)10-4-6-11(14)7-5-10/h3-8,14-15H,1-2H3. The van der Waals surface area contributed by atoms with Crippen LogP contribution in [0, 0.1) is 6.92 Å². The van der Waals surface area contributed by atoms with Crippen LogP contribution >= 0.6 is 11.3 Å². The van der Waals surface area contributed by atoms with Crippen molar-refractivity contribution in [2.75, 3.05) is 0 Å². The van der Waals surface area contributed by atoms with Gasteiger partial charge in [0.2, 0.25) is 0 Å². The molecule has 84 valence electrons. The van der Waals surface area contributed by atoms with Gasteiger partial charge in [-0.15, -0.1) is 11.3 Å². The van der Waals surface area contributed by atoms with E-state index in [2.05, 4.69) is 0 Å². The minimum absolute atomic E-state index is 0.210. The van der Waals surface area contributed by atoms with Gasteiger partial charge in [0.25, 0.3) is 0 Å². The maximum Gasteiger partial charge on any atom is 0.121 e. The maximum atomic E-state index is 10.5. The van der Waals surface area contributed by atoms with Crippen LogP contribution < -0.4 is 0 Å². The Kier molecular flexibility index (Phi) is 2.74. The fourth-order valence-electron chi connectivity index (χ4n) is 1.62. The number of aryl methyl sites for hydroxylation is 1. The molecule has 1 unspecified atom stereocenters. The van der Waals surface area contributed by atoms with Crippen LogP contribution in [-0.4, -0.2) is 10.2 Å². The molecule has 0 radical (unpaired) electrons.